The Morgan fingerprint density at radius 1 is 0.800 bits per heavy atom. The van der Waals surface area contributed by atoms with Gasteiger partial charge in [0.15, 0.2) is 0 Å². The van der Waals surface area contributed by atoms with Crippen LogP contribution in [0.25, 0.3) is 0 Å². The predicted octanol–water partition coefficient (Wildman–Crippen LogP) is 3.38. The van der Waals surface area contributed by atoms with Gasteiger partial charge in [-0.3, -0.25) is 0 Å². The van der Waals surface area contributed by atoms with Crippen LogP contribution in [0.2, 0.25) is 0 Å². The van der Waals surface area contributed by atoms with Gasteiger partial charge >= 0.3 is 11.9 Å². The lowest BCUT2D eigenvalue weighted by molar-refractivity contribution is -0.138. The highest BCUT2D eigenvalue weighted by Gasteiger charge is 2.07. The fourth-order valence-electron chi connectivity index (χ4n) is 1.46. The second-order valence-corrected chi connectivity index (χ2v) is 4.08. The van der Waals surface area contributed by atoms with Gasteiger partial charge in [-0.15, -0.1) is 0 Å². The first-order valence-corrected chi connectivity index (χ1v) is 6.40. The number of esters is 2. The molecule has 0 saturated carbocycles. The molecule has 0 bridgehead atoms. The maximum absolute atomic E-state index is 12.9. The maximum atomic E-state index is 12.9. The third-order valence-corrected chi connectivity index (χ3v) is 2.57. The SMILES string of the molecule is COC(=O)/C(F)=C/CCCCCC/C=C(\F)C(=O)OC. The number of methoxy groups -OCH3 is 2. The molecule has 0 rings (SSSR count). The molecule has 114 valence electrons. The van der Waals surface area contributed by atoms with Crippen molar-refractivity contribution in [2.24, 2.45) is 0 Å². The minimum Gasteiger partial charge on any atom is -0.464 e. The second kappa shape index (κ2) is 11.1. The average molecular weight is 290 g/mol. The van der Waals surface area contributed by atoms with Crippen LogP contribution >= 0.6 is 0 Å². The molecule has 0 atom stereocenters. The largest absolute Gasteiger partial charge is 0.464 e. The molecule has 0 amide bonds. The highest BCUT2D eigenvalue weighted by Crippen LogP contribution is 2.10. The van der Waals surface area contributed by atoms with E-state index in [-0.39, 0.29) is 0 Å². The summed E-state index contributed by atoms with van der Waals surface area (Å²) in [5, 5.41) is 0. The third-order valence-electron chi connectivity index (χ3n) is 2.57. The molecule has 20 heavy (non-hydrogen) atoms. The molecule has 4 nitrogen and oxygen atoms in total. The molecule has 0 aromatic rings. The molecule has 0 radical (unpaired) electrons. The van der Waals surface area contributed by atoms with Gasteiger partial charge in [-0.2, -0.15) is 8.78 Å². The molecule has 0 aromatic carbocycles. The summed E-state index contributed by atoms with van der Waals surface area (Å²) in [7, 11) is 2.24. The maximum Gasteiger partial charge on any atom is 0.366 e. The number of ether oxygens (including phenoxy) is 2. The van der Waals surface area contributed by atoms with Crippen LogP contribution in [-0.2, 0) is 19.1 Å². The third kappa shape index (κ3) is 8.39. The first-order valence-electron chi connectivity index (χ1n) is 6.40. The van der Waals surface area contributed by atoms with Gasteiger partial charge in [0.2, 0.25) is 11.7 Å². The molecule has 6 heteroatoms. The lowest BCUT2D eigenvalue weighted by Crippen LogP contribution is -2.00. The van der Waals surface area contributed by atoms with E-state index in [9.17, 15) is 18.4 Å². The summed E-state index contributed by atoms with van der Waals surface area (Å²) < 4.78 is 34.3. The van der Waals surface area contributed by atoms with Gasteiger partial charge in [0.05, 0.1) is 14.2 Å². The highest BCUT2D eigenvalue weighted by atomic mass is 19.1. The number of hydrogen-bond acceptors (Lipinski definition) is 4. The normalized spacial score (nSPS) is 12.2. The summed E-state index contributed by atoms with van der Waals surface area (Å²) in [4.78, 5) is 21.4. The number of halogens is 2. The summed E-state index contributed by atoms with van der Waals surface area (Å²) in [6.07, 6.45) is 6.42. The number of unbranched alkanes of at least 4 members (excludes halogenated alkanes) is 5. The zero-order valence-corrected chi connectivity index (χ0v) is 11.8. The van der Waals surface area contributed by atoms with Crippen molar-refractivity contribution in [2.75, 3.05) is 14.2 Å². The van der Waals surface area contributed by atoms with Gasteiger partial charge in [0.25, 0.3) is 0 Å². The molecular formula is C14H20F2O4. The van der Waals surface area contributed by atoms with E-state index < -0.39 is 23.6 Å². The Morgan fingerprint density at radius 3 is 1.45 bits per heavy atom. The minimum atomic E-state index is -0.964. The van der Waals surface area contributed by atoms with Crippen molar-refractivity contribution in [3.8, 4) is 0 Å². The summed E-state index contributed by atoms with van der Waals surface area (Å²) in [6, 6.07) is 0. The van der Waals surface area contributed by atoms with Crippen molar-refractivity contribution in [2.45, 2.75) is 38.5 Å². The van der Waals surface area contributed by atoms with Crippen molar-refractivity contribution in [3.05, 3.63) is 23.8 Å². The molecule has 0 fully saturated rings. The van der Waals surface area contributed by atoms with E-state index in [1.165, 1.54) is 12.2 Å². The van der Waals surface area contributed by atoms with E-state index in [1.807, 2.05) is 0 Å². The van der Waals surface area contributed by atoms with Crippen molar-refractivity contribution in [1.29, 1.82) is 0 Å². The topological polar surface area (TPSA) is 52.6 Å². The summed E-state index contributed by atoms with van der Waals surface area (Å²) in [5.41, 5.74) is 0. The van der Waals surface area contributed by atoms with E-state index in [1.54, 1.807) is 0 Å². The van der Waals surface area contributed by atoms with E-state index in [4.69, 9.17) is 0 Å². The van der Waals surface area contributed by atoms with Gasteiger partial charge in [-0.05, 0) is 37.8 Å². The Morgan fingerprint density at radius 2 is 1.15 bits per heavy atom. The van der Waals surface area contributed by atoms with Crippen LogP contribution in [-0.4, -0.2) is 26.2 Å². The van der Waals surface area contributed by atoms with Crippen molar-refractivity contribution >= 4 is 11.9 Å². The zero-order valence-electron chi connectivity index (χ0n) is 11.8. The molecule has 0 aliphatic heterocycles. The van der Waals surface area contributed by atoms with Crippen molar-refractivity contribution < 1.29 is 27.8 Å². The Labute approximate surface area is 117 Å². The van der Waals surface area contributed by atoms with Crippen LogP contribution in [0.4, 0.5) is 8.78 Å². The fraction of sp³-hybridized carbons (Fsp3) is 0.571. The molecule has 0 aliphatic carbocycles. The van der Waals surface area contributed by atoms with E-state index in [2.05, 4.69) is 9.47 Å². The zero-order chi connectivity index (χ0) is 15.4. The fourth-order valence-corrected chi connectivity index (χ4v) is 1.46. The van der Waals surface area contributed by atoms with Gasteiger partial charge in [-0.25, -0.2) is 9.59 Å². The second-order valence-electron chi connectivity index (χ2n) is 4.08. The van der Waals surface area contributed by atoms with Crippen molar-refractivity contribution in [1.82, 2.24) is 0 Å². The Bertz CT molecular complexity index is 339. The van der Waals surface area contributed by atoms with Crippen LogP contribution < -0.4 is 0 Å². The monoisotopic (exact) mass is 290 g/mol. The summed E-state index contributed by atoms with van der Waals surface area (Å²) >= 11 is 0. The van der Waals surface area contributed by atoms with Gasteiger partial charge in [0, 0.05) is 0 Å². The van der Waals surface area contributed by atoms with Gasteiger partial charge in [-0.1, -0.05) is 12.8 Å². The molecule has 0 aliphatic rings. The lowest BCUT2D eigenvalue weighted by atomic mass is 10.1. The first-order chi connectivity index (χ1) is 9.52. The quantitative estimate of drug-likeness (QED) is 0.371. The number of allylic oxidation sites excluding steroid dienone is 2. The standard InChI is InChI=1S/C14H20F2O4/c1-19-13(17)11(15)9-7-5-3-4-6-8-10-12(16)14(18)20-2/h9-10H,3-8H2,1-2H3/b11-9-,12-10-. The van der Waals surface area contributed by atoms with Gasteiger partial charge < -0.3 is 9.47 Å². The number of carbonyl (C=O) groups excluding carboxylic acids is 2. The number of hydrogen-bond donors (Lipinski definition) is 0. The van der Waals surface area contributed by atoms with Crippen molar-refractivity contribution in [3.63, 3.8) is 0 Å². The number of carbonyl (C=O) groups is 2. The molecular weight excluding hydrogens is 270 g/mol. The molecule has 0 saturated heterocycles. The Kier molecular flexibility index (Phi) is 10.2. The van der Waals surface area contributed by atoms with Crippen LogP contribution in [0.1, 0.15) is 38.5 Å². The lowest BCUT2D eigenvalue weighted by Gasteiger charge is -1.99. The summed E-state index contributed by atoms with van der Waals surface area (Å²) in [5.74, 6) is -3.69. The van der Waals surface area contributed by atoms with Gasteiger partial charge in [0.1, 0.15) is 0 Å². The van der Waals surface area contributed by atoms with Crippen LogP contribution in [0.5, 0.6) is 0 Å². The van der Waals surface area contributed by atoms with E-state index >= 15 is 0 Å². The Balaban J connectivity index is 3.64. The minimum absolute atomic E-state index is 0.452. The van der Waals surface area contributed by atoms with Crippen LogP contribution in [0.3, 0.4) is 0 Å². The van der Waals surface area contributed by atoms with E-state index in [0.717, 1.165) is 39.9 Å². The molecule has 0 N–H and O–H groups in total. The van der Waals surface area contributed by atoms with Crippen LogP contribution in [0, 0.1) is 0 Å². The summed E-state index contributed by atoms with van der Waals surface area (Å²) in [6.45, 7) is 0. The Hall–Kier alpha value is -1.72. The molecule has 0 heterocycles. The van der Waals surface area contributed by atoms with E-state index in [0.29, 0.717) is 12.8 Å². The predicted molar refractivity (Wildman–Crippen MR) is 70.1 cm³/mol. The average Bonchev–Trinajstić information content (AvgIpc) is 2.47. The smallest absolute Gasteiger partial charge is 0.366 e. The first kappa shape index (κ1) is 18.3. The highest BCUT2D eigenvalue weighted by molar-refractivity contribution is 5.86. The molecule has 0 unspecified atom stereocenters. The molecule has 0 aromatic heterocycles. The molecule has 0 spiro atoms. The number of rotatable bonds is 9. The van der Waals surface area contributed by atoms with Crippen LogP contribution in [0.15, 0.2) is 23.8 Å².